The lowest BCUT2D eigenvalue weighted by molar-refractivity contribution is -0.385. The quantitative estimate of drug-likeness (QED) is 0.639. The second-order valence-electron chi connectivity index (χ2n) is 3.86. The lowest BCUT2D eigenvalue weighted by Gasteiger charge is -2.08. The Labute approximate surface area is 112 Å². The molecule has 0 fully saturated rings. The molecule has 1 aromatic heterocycles. The number of nitrogens with zero attached hydrogens (tertiary/aromatic N) is 4. The summed E-state index contributed by atoms with van der Waals surface area (Å²) in [5.41, 5.74) is -1.01. The maximum Gasteiger partial charge on any atom is 0.346 e. The largest absolute Gasteiger partial charge is 0.484 e. The molecule has 0 bridgehead atoms. The molecule has 9 nitrogen and oxygen atoms in total. The standard InChI is InChI=1S/C11H10N4O5/c1-14-6-12-13-9(14)5-20-8-4-2-3-7(15(18)19)10(8)11(16)17/h2-4,6H,5H2,1H3,(H,16,17). The fraction of sp³-hybridized carbons (Fsp3) is 0.182. The monoisotopic (exact) mass is 278 g/mol. The number of aromatic carboxylic acids is 1. The third kappa shape index (κ3) is 2.55. The van der Waals surface area contributed by atoms with Gasteiger partial charge in [-0.3, -0.25) is 10.1 Å². The molecule has 1 N–H and O–H groups in total. The van der Waals surface area contributed by atoms with Crippen LogP contribution >= 0.6 is 0 Å². The van der Waals surface area contributed by atoms with Crippen molar-refractivity contribution in [2.75, 3.05) is 0 Å². The highest BCUT2D eigenvalue weighted by atomic mass is 16.6. The second-order valence-corrected chi connectivity index (χ2v) is 3.86. The van der Waals surface area contributed by atoms with Gasteiger partial charge in [-0.05, 0) is 6.07 Å². The maximum atomic E-state index is 11.2. The van der Waals surface area contributed by atoms with Crippen molar-refractivity contribution in [3.05, 3.63) is 46.0 Å². The van der Waals surface area contributed by atoms with Crippen molar-refractivity contribution < 1.29 is 19.6 Å². The summed E-state index contributed by atoms with van der Waals surface area (Å²) >= 11 is 0. The molecular weight excluding hydrogens is 268 g/mol. The van der Waals surface area contributed by atoms with Gasteiger partial charge >= 0.3 is 5.97 Å². The smallest absolute Gasteiger partial charge is 0.346 e. The van der Waals surface area contributed by atoms with E-state index in [1.165, 1.54) is 18.5 Å². The van der Waals surface area contributed by atoms with Gasteiger partial charge in [0, 0.05) is 13.1 Å². The van der Waals surface area contributed by atoms with Gasteiger partial charge in [0.15, 0.2) is 11.4 Å². The van der Waals surface area contributed by atoms with E-state index >= 15 is 0 Å². The van der Waals surface area contributed by atoms with Gasteiger partial charge in [0.2, 0.25) is 0 Å². The lowest BCUT2D eigenvalue weighted by atomic mass is 10.1. The number of aromatic nitrogens is 3. The van der Waals surface area contributed by atoms with E-state index in [0.717, 1.165) is 6.07 Å². The summed E-state index contributed by atoms with van der Waals surface area (Å²) in [4.78, 5) is 21.2. The van der Waals surface area contributed by atoms with Gasteiger partial charge in [-0.25, -0.2) is 4.79 Å². The predicted molar refractivity (Wildman–Crippen MR) is 65.4 cm³/mol. The molecule has 1 aromatic carbocycles. The number of benzene rings is 1. The van der Waals surface area contributed by atoms with Gasteiger partial charge in [-0.15, -0.1) is 10.2 Å². The number of rotatable bonds is 5. The number of ether oxygens (including phenoxy) is 1. The fourth-order valence-electron chi connectivity index (χ4n) is 1.59. The van der Waals surface area contributed by atoms with Crippen LogP contribution in [0.15, 0.2) is 24.5 Å². The van der Waals surface area contributed by atoms with Crippen molar-refractivity contribution in [3.8, 4) is 5.75 Å². The number of carboxylic acid groups (broad SMARTS) is 1. The highest BCUT2D eigenvalue weighted by Gasteiger charge is 2.24. The minimum atomic E-state index is -1.43. The van der Waals surface area contributed by atoms with Crippen LogP contribution in [0.4, 0.5) is 5.69 Å². The Morgan fingerprint density at radius 1 is 1.55 bits per heavy atom. The van der Waals surface area contributed by atoms with Crippen LogP contribution in [0.5, 0.6) is 5.75 Å². The normalized spacial score (nSPS) is 10.2. The van der Waals surface area contributed by atoms with Crippen LogP contribution in [-0.2, 0) is 13.7 Å². The zero-order valence-corrected chi connectivity index (χ0v) is 10.4. The minimum Gasteiger partial charge on any atom is -0.484 e. The summed E-state index contributed by atoms with van der Waals surface area (Å²) in [5.74, 6) is -1.05. The first-order valence-electron chi connectivity index (χ1n) is 5.47. The van der Waals surface area contributed by atoms with Crippen LogP contribution in [0.1, 0.15) is 16.2 Å². The summed E-state index contributed by atoms with van der Waals surface area (Å²) in [7, 11) is 1.70. The number of carboxylic acids is 1. The molecule has 0 atom stereocenters. The molecule has 0 aliphatic rings. The molecule has 0 aliphatic carbocycles. The van der Waals surface area contributed by atoms with Crippen molar-refractivity contribution in [1.82, 2.24) is 14.8 Å². The van der Waals surface area contributed by atoms with Crippen LogP contribution in [-0.4, -0.2) is 30.8 Å². The molecule has 0 radical (unpaired) electrons. The van der Waals surface area contributed by atoms with Gasteiger partial charge in [-0.2, -0.15) is 0 Å². The van der Waals surface area contributed by atoms with E-state index in [0.29, 0.717) is 5.82 Å². The second kappa shape index (κ2) is 5.34. The fourth-order valence-corrected chi connectivity index (χ4v) is 1.59. The summed E-state index contributed by atoms with van der Waals surface area (Å²) in [6.07, 6.45) is 1.46. The van der Waals surface area contributed by atoms with E-state index in [1.807, 2.05) is 0 Å². The third-order valence-corrected chi connectivity index (χ3v) is 2.58. The van der Waals surface area contributed by atoms with E-state index < -0.39 is 22.1 Å². The summed E-state index contributed by atoms with van der Waals surface area (Å²) < 4.78 is 6.90. The molecule has 1 heterocycles. The average Bonchev–Trinajstić information content (AvgIpc) is 2.81. The van der Waals surface area contributed by atoms with Crippen molar-refractivity contribution in [2.24, 2.45) is 7.05 Å². The number of hydrogen-bond donors (Lipinski definition) is 1. The first-order chi connectivity index (χ1) is 9.50. The minimum absolute atomic E-state index is 0.0437. The van der Waals surface area contributed by atoms with E-state index in [9.17, 15) is 14.9 Å². The number of aryl methyl sites for hydroxylation is 1. The first-order valence-corrected chi connectivity index (χ1v) is 5.47. The van der Waals surface area contributed by atoms with E-state index in [4.69, 9.17) is 9.84 Å². The van der Waals surface area contributed by atoms with Crippen LogP contribution in [0.2, 0.25) is 0 Å². The Bertz CT molecular complexity index is 667. The van der Waals surface area contributed by atoms with Gasteiger partial charge in [-0.1, -0.05) is 6.07 Å². The summed E-state index contributed by atoms with van der Waals surface area (Å²) in [6.45, 7) is -0.0437. The first kappa shape index (κ1) is 13.5. The summed E-state index contributed by atoms with van der Waals surface area (Å²) in [6, 6.07) is 3.82. The molecule has 2 aromatic rings. The van der Waals surface area contributed by atoms with Crippen LogP contribution < -0.4 is 4.74 Å². The number of hydrogen-bond acceptors (Lipinski definition) is 6. The van der Waals surface area contributed by atoms with Gasteiger partial charge < -0.3 is 14.4 Å². The SMILES string of the molecule is Cn1cnnc1COc1cccc([N+](=O)[O-])c1C(=O)O. The molecule has 0 saturated carbocycles. The Hall–Kier alpha value is -2.97. The van der Waals surface area contributed by atoms with E-state index in [-0.39, 0.29) is 12.4 Å². The number of carbonyl (C=O) groups is 1. The Balaban J connectivity index is 2.32. The Kier molecular flexibility index (Phi) is 3.60. The third-order valence-electron chi connectivity index (χ3n) is 2.58. The van der Waals surface area contributed by atoms with Crippen molar-refractivity contribution in [2.45, 2.75) is 6.61 Å². The van der Waals surface area contributed by atoms with E-state index in [1.54, 1.807) is 11.6 Å². The van der Waals surface area contributed by atoms with Crippen molar-refractivity contribution >= 4 is 11.7 Å². The van der Waals surface area contributed by atoms with Crippen molar-refractivity contribution in [3.63, 3.8) is 0 Å². The molecule has 0 unspecified atom stereocenters. The molecule has 0 amide bonds. The van der Waals surface area contributed by atoms with Crippen molar-refractivity contribution in [1.29, 1.82) is 0 Å². The Morgan fingerprint density at radius 2 is 2.30 bits per heavy atom. The zero-order valence-electron chi connectivity index (χ0n) is 10.4. The molecule has 9 heteroatoms. The molecule has 0 saturated heterocycles. The molecular formula is C11H10N4O5. The average molecular weight is 278 g/mol. The highest BCUT2D eigenvalue weighted by Crippen LogP contribution is 2.28. The van der Waals surface area contributed by atoms with Crippen LogP contribution in [0, 0.1) is 10.1 Å². The van der Waals surface area contributed by atoms with Crippen LogP contribution in [0.25, 0.3) is 0 Å². The molecule has 2 rings (SSSR count). The Morgan fingerprint density at radius 3 is 2.85 bits per heavy atom. The summed E-state index contributed by atoms with van der Waals surface area (Å²) in [5, 5.41) is 27.3. The maximum absolute atomic E-state index is 11.2. The van der Waals surface area contributed by atoms with Gasteiger partial charge in [0.1, 0.15) is 18.7 Å². The highest BCUT2D eigenvalue weighted by molar-refractivity contribution is 5.95. The molecule has 0 aliphatic heterocycles. The molecule has 20 heavy (non-hydrogen) atoms. The molecule has 104 valence electrons. The van der Waals surface area contributed by atoms with E-state index in [2.05, 4.69) is 10.2 Å². The van der Waals surface area contributed by atoms with Gasteiger partial charge in [0.25, 0.3) is 5.69 Å². The zero-order chi connectivity index (χ0) is 14.7. The molecule has 0 spiro atoms. The topological polar surface area (TPSA) is 120 Å². The predicted octanol–water partition coefficient (Wildman–Crippen LogP) is 1.00. The number of nitro groups is 1. The van der Waals surface area contributed by atoms with Crippen LogP contribution in [0.3, 0.4) is 0 Å². The number of nitro benzene ring substituents is 1. The lowest BCUT2D eigenvalue weighted by Crippen LogP contribution is -2.09. The van der Waals surface area contributed by atoms with Gasteiger partial charge in [0.05, 0.1) is 4.92 Å².